The van der Waals surface area contributed by atoms with Gasteiger partial charge in [-0.2, -0.15) is 0 Å². The molecule has 1 unspecified atom stereocenters. The number of amides is 1. The predicted octanol–water partition coefficient (Wildman–Crippen LogP) is 3.65. The molecule has 1 amide bonds. The van der Waals surface area contributed by atoms with E-state index in [-0.39, 0.29) is 16.9 Å². The van der Waals surface area contributed by atoms with E-state index in [1.54, 1.807) is 24.3 Å². The molecule has 2 aromatic carbocycles. The Morgan fingerprint density at radius 1 is 1.23 bits per heavy atom. The number of likely N-dealkylation sites (tertiary alicyclic amines) is 1. The van der Waals surface area contributed by atoms with Crippen LogP contribution in [0.25, 0.3) is 5.76 Å². The molecule has 0 spiro atoms. The van der Waals surface area contributed by atoms with E-state index < -0.39 is 29.3 Å². The van der Waals surface area contributed by atoms with Gasteiger partial charge in [0.2, 0.25) is 0 Å². The van der Waals surface area contributed by atoms with Crippen LogP contribution in [0.2, 0.25) is 0 Å². The Bertz CT molecular complexity index is 941. The Hall–Kier alpha value is -2.67. The monoisotopic (exact) mass is 419 g/mol. The lowest BCUT2D eigenvalue weighted by atomic mass is 9.95. The summed E-state index contributed by atoms with van der Waals surface area (Å²) in [4.78, 5) is 26.0. The zero-order valence-corrected chi connectivity index (χ0v) is 15.6. The molecule has 1 atom stereocenters. The van der Waals surface area contributed by atoms with E-state index in [1.165, 1.54) is 31.2 Å². The molecule has 0 aromatic heterocycles. The molecule has 26 heavy (non-hydrogen) atoms. The van der Waals surface area contributed by atoms with Crippen molar-refractivity contribution in [1.29, 1.82) is 0 Å². The summed E-state index contributed by atoms with van der Waals surface area (Å²) in [5, 5.41) is 10.8. The number of carbonyl (C=O) groups excluding carboxylic acids is 2. The molecule has 1 aliphatic heterocycles. The first-order valence-corrected chi connectivity index (χ1v) is 8.48. The van der Waals surface area contributed by atoms with Gasteiger partial charge in [-0.25, -0.2) is 4.39 Å². The number of carbonyl (C=O) groups is 2. The predicted molar refractivity (Wildman–Crippen MR) is 97.2 cm³/mol. The lowest BCUT2D eigenvalue weighted by Gasteiger charge is -2.21. The number of methoxy groups -OCH3 is 1. The first-order valence-electron chi connectivity index (χ1n) is 7.69. The number of likely N-dealkylation sites (N-methyl/N-ethyl adjacent to an activating group) is 1. The molecule has 3 rings (SSSR count). The molecule has 2 aromatic rings. The number of aliphatic hydroxyl groups excluding tert-OH is 1. The van der Waals surface area contributed by atoms with Gasteiger partial charge in [0.05, 0.1) is 24.3 Å². The van der Waals surface area contributed by atoms with Gasteiger partial charge in [0.25, 0.3) is 11.7 Å². The fourth-order valence-electron chi connectivity index (χ4n) is 3.02. The van der Waals surface area contributed by atoms with Crippen LogP contribution in [-0.2, 0) is 9.59 Å². The number of halogens is 2. The average molecular weight is 420 g/mol. The maximum Gasteiger partial charge on any atom is 0.295 e. The van der Waals surface area contributed by atoms with Gasteiger partial charge in [-0.3, -0.25) is 9.59 Å². The van der Waals surface area contributed by atoms with E-state index in [1.807, 2.05) is 0 Å². The maximum atomic E-state index is 13.7. The normalized spacial score (nSPS) is 19.1. The summed E-state index contributed by atoms with van der Waals surface area (Å²) >= 11 is 3.36. The summed E-state index contributed by atoms with van der Waals surface area (Å²) in [6.07, 6.45) is 0. The second kappa shape index (κ2) is 6.92. The van der Waals surface area contributed by atoms with Crippen molar-refractivity contribution in [3.63, 3.8) is 0 Å². The van der Waals surface area contributed by atoms with Crippen molar-refractivity contribution in [3.8, 4) is 5.75 Å². The summed E-state index contributed by atoms with van der Waals surface area (Å²) in [7, 11) is 2.85. The van der Waals surface area contributed by atoms with Gasteiger partial charge in [-0.1, -0.05) is 28.1 Å². The number of nitrogens with zero attached hydrogens (tertiary/aromatic N) is 1. The van der Waals surface area contributed by atoms with Gasteiger partial charge in [0.15, 0.2) is 0 Å². The number of hydrogen-bond donors (Lipinski definition) is 1. The fourth-order valence-corrected chi connectivity index (χ4v) is 3.44. The van der Waals surface area contributed by atoms with Crippen molar-refractivity contribution in [1.82, 2.24) is 4.90 Å². The molecule has 0 bridgehead atoms. The van der Waals surface area contributed by atoms with Gasteiger partial charge in [0, 0.05) is 11.5 Å². The Balaban J connectivity index is 2.25. The highest BCUT2D eigenvalue weighted by molar-refractivity contribution is 9.10. The smallest absolute Gasteiger partial charge is 0.295 e. The van der Waals surface area contributed by atoms with Crippen LogP contribution in [0, 0.1) is 5.82 Å². The van der Waals surface area contributed by atoms with Crippen LogP contribution >= 0.6 is 15.9 Å². The Kier molecular flexibility index (Phi) is 4.82. The maximum absolute atomic E-state index is 13.7. The first kappa shape index (κ1) is 18.1. The van der Waals surface area contributed by atoms with E-state index in [0.717, 1.165) is 10.5 Å². The topological polar surface area (TPSA) is 66.8 Å². The first-order chi connectivity index (χ1) is 12.3. The molecule has 0 aliphatic carbocycles. The van der Waals surface area contributed by atoms with E-state index in [2.05, 4.69) is 15.9 Å². The number of hydrogen-bond acceptors (Lipinski definition) is 4. The van der Waals surface area contributed by atoms with Crippen molar-refractivity contribution in [2.75, 3.05) is 14.2 Å². The minimum atomic E-state index is -0.832. The van der Waals surface area contributed by atoms with Crippen LogP contribution in [0.3, 0.4) is 0 Å². The second-order valence-corrected chi connectivity index (χ2v) is 6.73. The summed E-state index contributed by atoms with van der Waals surface area (Å²) in [6, 6.07) is 9.87. The van der Waals surface area contributed by atoms with Crippen molar-refractivity contribution >= 4 is 33.4 Å². The molecular weight excluding hydrogens is 405 g/mol. The largest absolute Gasteiger partial charge is 0.507 e. The Morgan fingerprint density at radius 3 is 2.62 bits per heavy atom. The zero-order valence-electron chi connectivity index (χ0n) is 14.0. The molecule has 0 radical (unpaired) electrons. The molecule has 7 heteroatoms. The molecule has 1 aliphatic rings. The number of rotatable bonds is 3. The Morgan fingerprint density at radius 2 is 1.96 bits per heavy atom. The number of Topliss-reactive ketones (excluding diaryl/α,β-unsaturated/α-hetero) is 1. The molecule has 1 N–H and O–H groups in total. The summed E-state index contributed by atoms with van der Waals surface area (Å²) < 4.78 is 19.6. The third-order valence-electron chi connectivity index (χ3n) is 4.26. The van der Waals surface area contributed by atoms with Gasteiger partial charge < -0.3 is 14.7 Å². The van der Waals surface area contributed by atoms with Gasteiger partial charge in [-0.15, -0.1) is 0 Å². The molecule has 1 heterocycles. The van der Waals surface area contributed by atoms with Crippen LogP contribution in [0.1, 0.15) is 17.2 Å². The number of benzene rings is 2. The van der Waals surface area contributed by atoms with Gasteiger partial charge in [-0.05, 0) is 35.9 Å². The van der Waals surface area contributed by atoms with Gasteiger partial charge >= 0.3 is 0 Å². The fraction of sp³-hybridized carbons (Fsp3) is 0.158. The second-order valence-electron chi connectivity index (χ2n) is 5.81. The van der Waals surface area contributed by atoms with E-state index in [4.69, 9.17) is 4.74 Å². The summed E-state index contributed by atoms with van der Waals surface area (Å²) in [5.41, 5.74) is 0.538. The Labute approximate surface area is 157 Å². The molecule has 5 nitrogen and oxygen atoms in total. The number of ketones is 1. The SMILES string of the molecule is COc1ccc(F)cc1/C(O)=C1\C(=O)C(=O)N(C)C1c1cccc(Br)c1. The third-order valence-corrected chi connectivity index (χ3v) is 4.75. The van der Waals surface area contributed by atoms with E-state index >= 15 is 0 Å². The lowest BCUT2D eigenvalue weighted by molar-refractivity contribution is -0.139. The van der Waals surface area contributed by atoms with Crippen molar-refractivity contribution < 1.29 is 23.8 Å². The van der Waals surface area contributed by atoms with Crippen LogP contribution in [0.5, 0.6) is 5.75 Å². The van der Waals surface area contributed by atoms with Crippen LogP contribution in [0.15, 0.2) is 52.5 Å². The van der Waals surface area contributed by atoms with Crippen molar-refractivity contribution in [3.05, 3.63) is 69.5 Å². The molecule has 1 saturated heterocycles. The highest BCUT2D eigenvalue weighted by atomic mass is 79.9. The van der Waals surface area contributed by atoms with Crippen LogP contribution in [-0.4, -0.2) is 35.9 Å². The van der Waals surface area contributed by atoms with Crippen molar-refractivity contribution in [2.45, 2.75) is 6.04 Å². The number of aliphatic hydroxyl groups is 1. The number of ether oxygens (including phenoxy) is 1. The van der Waals surface area contributed by atoms with Gasteiger partial charge in [0.1, 0.15) is 17.3 Å². The van der Waals surface area contributed by atoms with E-state index in [0.29, 0.717) is 5.56 Å². The third kappa shape index (κ3) is 2.99. The minimum Gasteiger partial charge on any atom is -0.507 e. The highest BCUT2D eigenvalue weighted by Gasteiger charge is 2.44. The summed E-state index contributed by atoms with van der Waals surface area (Å²) in [6.45, 7) is 0. The van der Waals surface area contributed by atoms with Crippen molar-refractivity contribution in [2.24, 2.45) is 0 Å². The summed E-state index contributed by atoms with van der Waals surface area (Å²) in [5.74, 6) is -2.46. The standard InChI is InChI=1S/C19H15BrFNO4/c1-22-16(10-4-3-5-11(20)8-10)15(18(24)19(22)25)17(23)13-9-12(21)6-7-14(13)26-2/h3-9,16,23H,1-2H3/b17-15+. The zero-order chi connectivity index (χ0) is 19.0. The minimum absolute atomic E-state index is 0.0129. The molecule has 0 saturated carbocycles. The van der Waals surface area contributed by atoms with Crippen LogP contribution in [0.4, 0.5) is 4.39 Å². The highest BCUT2D eigenvalue weighted by Crippen LogP contribution is 2.40. The molecule has 134 valence electrons. The average Bonchev–Trinajstić information content (AvgIpc) is 2.85. The van der Waals surface area contributed by atoms with E-state index in [9.17, 15) is 19.1 Å². The molecular formula is C19H15BrFNO4. The molecule has 1 fully saturated rings. The van der Waals surface area contributed by atoms with Crippen LogP contribution < -0.4 is 4.74 Å². The lowest BCUT2D eigenvalue weighted by Crippen LogP contribution is -2.24. The quantitative estimate of drug-likeness (QED) is 0.468.